The number of rotatable bonds is 3. The molecule has 0 aromatic heterocycles. The van der Waals surface area contributed by atoms with Crippen molar-refractivity contribution in [2.24, 2.45) is 0 Å². The maximum atomic E-state index is 13.4. The summed E-state index contributed by atoms with van der Waals surface area (Å²) in [7, 11) is 1.51. The van der Waals surface area contributed by atoms with Crippen LogP contribution in [0.5, 0.6) is 5.75 Å². The lowest BCUT2D eigenvalue weighted by atomic mass is 9.95. The van der Waals surface area contributed by atoms with Crippen LogP contribution in [0.25, 0.3) is 0 Å². The van der Waals surface area contributed by atoms with Gasteiger partial charge in [-0.25, -0.2) is 4.39 Å². The minimum absolute atomic E-state index is 0.389. The predicted molar refractivity (Wildman–Crippen MR) is 72.9 cm³/mol. The number of benzene rings is 2. The van der Waals surface area contributed by atoms with Crippen molar-refractivity contribution in [1.29, 1.82) is 0 Å². The van der Waals surface area contributed by atoms with Crippen molar-refractivity contribution >= 4 is 0 Å². The van der Waals surface area contributed by atoms with Crippen LogP contribution < -0.4 is 4.74 Å². The van der Waals surface area contributed by atoms with Gasteiger partial charge in [-0.1, -0.05) is 23.8 Å². The quantitative estimate of drug-likeness (QED) is 0.914. The standard InChI is InChI=1S/C16H17FO2/c1-10-4-6-13(11(2)8-10)16(18)14-9-12(17)5-7-15(14)19-3/h4-9,16,18H,1-3H3. The van der Waals surface area contributed by atoms with E-state index >= 15 is 0 Å². The highest BCUT2D eigenvalue weighted by atomic mass is 19.1. The number of hydrogen-bond donors (Lipinski definition) is 1. The van der Waals surface area contributed by atoms with Crippen LogP contribution in [-0.2, 0) is 0 Å². The number of hydrogen-bond acceptors (Lipinski definition) is 2. The number of aliphatic hydroxyl groups is 1. The third-order valence-electron chi connectivity index (χ3n) is 3.21. The second-order valence-electron chi connectivity index (χ2n) is 4.65. The Morgan fingerprint density at radius 2 is 1.79 bits per heavy atom. The molecule has 2 aromatic carbocycles. The summed E-state index contributed by atoms with van der Waals surface area (Å²) in [6.07, 6.45) is -0.897. The van der Waals surface area contributed by atoms with Crippen molar-refractivity contribution in [3.05, 3.63) is 64.5 Å². The minimum atomic E-state index is -0.897. The maximum absolute atomic E-state index is 13.4. The van der Waals surface area contributed by atoms with Crippen LogP contribution in [0, 0.1) is 19.7 Å². The van der Waals surface area contributed by atoms with Crippen molar-refractivity contribution in [2.45, 2.75) is 20.0 Å². The van der Waals surface area contributed by atoms with Gasteiger partial charge in [0.2, 0.25) is 0 Å². The van der Waals surface area contributed by atoms with Crippen LogP contribution in [0.4, 0.5) is 4.39 Å². The minimum Gasteiger partial charge on any atom is -0.496 e. The topological polar surface area (TPSA) is 29.5 Å². The van der Waals surface area contributed by atoms with Gasteiger partial charge < -0.3 is 9.84 Å². The molecule has 0 radical (unpaired) electrons. The fraction of sp³-hybridized carbons (Fsp3) is 0.250. The summed E-state index contributed by atoms with van der Waals surface area (Å²) in [5, 5.41) is 10.5. The first-order chi connectivity index (χ1) is 9.02. The molecule has 1 N–H and O–H groups in total. The molecular weight excluding hydrogens is 243 g/mol. The average Bonchev–Trinajstić information content (AvgIpc) is 2.38. The van der Waals surface area contributed by atoms with Crippen LogP contribution in [0.3, 0.4) is 0 Å². The van der Waals surface area contributed by atoms with Crippen molar-refractivity contribution < 1.29 is 14.2 Å². The Hall–Kier alpha value is -1.87. The van der Waals surface area contributed by atoms with E-state index in [4.69, 9.17) is 4.74 Å². The van der Waals surface area contributed by atoms with Gasteiger partial charge in [-0.15, -0.1) is 0 Å². The molecule has 2 nitrogen and oxygen atoms in total. The van der Waals surface area contributed by atoms with Gasteiger partial charge in [0, 0.05) is 5.56 Å². The van der Waals surface area contributed by atoms with E-state index in [-0.39, 0.29) is 5.82 Å². The lowest BCUT2D eigenvalue weighted by molar-refractivity contribution is 0.213. The number of halogens is 1. The summed E-state index contributed by atoms with van der Waals surface area (Å²) < 4.78 is 18.5. The largest absolute Gasteiger partial charge is 0.496 e. The molecular formula is C16H17FO2. The van der Waals surface area contributed by atoms with Gasteiger partial charge in [-0.05, 0) is 43.2 Å². The molecule has 0 bridgehead atoms. The van der Waals surface area contributed by atoms with E-state index in [0.717, 1.165) is 16.7 Å². The first kappa shape index (κ1) is 13.6. The van der Waals surface area contributed by atoms with Crippen molar-refractivity contribution in [2.75, 3.05) is 7.11 Å². The predicted octanol–water partition coefficient (Wildman–Crippen LogP) is 3.53. The smallest absolute Gasteiger partial charge is 0.125 e. The lowest BCUT2D eigenvalue weighted by Crippen LogP contribution is -2.05. The van der Waals surface area contributed by atoms with Gasteiger partial charge in [0.1, 0.15) is 17.7 Å². The Morgan fingerprint density at radius 3 is 2.42 bits per heavy atom. The molecule has 0 saturated carbocycles. The summed E-state index contributed by atoms with van der Waals surface area (Å²) in [5.74, 6) is 0.0912. The van der Waals surface area contributed by atoms with Crippen molar-refractivity contribution in [1.82, 2.24) is 0 Å². The summed E-state index contributed by atoms with van der Waals surface area (Å²) >= 11 is 0. The molecule has 0 fully saturated rings. The van der Waals surface area contributed by atoms with E-state index < -0.39 is 6.10 Å². The molecule has 0 spiro atoms. The molecule has 1 atom stereocenters. The van der Waals surface area contributed by atoms with Crippen LogP contribution in [-0.4, -0.2) is 12.2 Å². The van der Waals surface area contributed by atoms with E-state index in [1.807, 2.05) is 32.0 Å². The third kappa shape index (κ3) is 2.76. The molecule has 0 heterocycles. The van der Waals surface area contributed by atoms with Gasteiger partial charge in [0.05, 0.1) is 7.11 Å². The van der Waals surface area contributed by atoms with Gasteiger partial charge in [0.15, 0.2) is 0 Å². The van der Waals surface area contributed by atoms with Crippen LogP contribution >= 0.6 is 0 Å². The summed E-state index contributed by atoms with van der Waals surface area (Å²) in [6, 6.07) is 9.93. The summed E-state index contributed by atoms with van der Waals surface area (Å²) in [4.78, 5) is 0. The van der Waals surface area contributed by atoms with Gasteiger partial charge in [-0.2, -0.15) is 0 Å². The Kier molecular flexibility index (Phi) is 3.86. The van der Waals surface area contributed by atoms with Crippen LogP contribution in [0.1, 0.15) is 28.4 Å². The van der Waals surface area contributed by atoms with Gasteiger partial charge in [-0.3, -0.25) is 0 Å². The molecule has 19 heavy (non-hydrogen) atoms. The number of aliphatic hydroxyl groups excluding tert-OH is 1. The molecule has 1 unspecified atom stereocenters. The SMILES string of the molecule is COc1ccc(F)cc1C(O)c1ccc(C)cc1C. The van der Waals surface area contributed by atoms with E-state index in [9.17, 15) is 9.50 Å². The van der Waals surface area contributed by atoms with E-state index in [0.29, 0.717) is 11.3 Å². The number of aryl methyl sites for hydroxylation is 2. The van der Waals surface area contributed by atoms with E-state index in [2.05, 4.69) is 0 Å². The highest BCUT2D eigenvalue weighted by Crippen LogP contribution is 2.32. The highest BCUT2D eigenvalue weighted by Gasteiger charge is 2.18. The normalized spacial score (nSPS) is 12.3. The Bertz CT molecular complexity index is 593. The zero-order chi connectivity index (χ0) is 14.0. The second kappa shape index (κ2) is 5.41. The summed E-state index contributed by atoms with van der Waals surface area (Å²) in [6.45, 7) is 3.92. The number of methoxy groups -OCH3 is 1. The second-order valence-corrected chi connectivity index (χ2v) is 4.65. The molecule has 100 valence electrons. The number of ether oxygens (including phenoxy) is 1. The van der Waals surface area contributed by atoms with E-state index in [1.165, 1.54) is 25.3 Å². The zero-order valence-corrected chi connectivity index (χ0v) is 11.3. The third-order valence-corrected chi connectivity index (χ3v) is 3.21. The molecule has 2 aromatic rings. The first-order valence-corrected chi connectivity index (χ1v) is 6.11. The molecule has 0 aliphatic carbocycles. The monoisotopic (exact) mass is 260 g/mol. The fourth-order valence-corrected chi connectivity index (χ4v) is 2.22. The molecule has 0 aliphatic rings. The maximum Gasteiger partial charge on any atom is 0.125 e. The van der Waals surface area contributed by atoms with Gasteiger partial charge in [0.25, 0.3) is 0 Å². The average molecular weight is 260 g/mol. The lowest BCUT2D eigenvalue weighted by Gasteiger charge is -2.17. The Labute approximate surface area is 112 Å². The Morgan fingerprint density at radius 1 is 1.05 bits per heavy atom. The molecule has 3 heteroatoms. The van der Waals surface area contributed by atoms with Gasteiger partial charge >= 0.3 is 0 Å². The first-order valence-electron chi connectivity index (χ1n) is 6.11. The molecule has 0 aliphatic heterocycles. The van der Waals surface area contributed by atoms with Crippen molar-refractivity contribution in [3.63, 3.8) is 0 Å². The van der Waals surface area contributed by atoms with E-state index in [1.54, 1.807) is 0 Å². The molecule has 0 saturated heterocycles. The van der Waals surface area contributed by atoms with Crippen molar-refractivity contribution in [3.8, 4) is 5.75 Å². The zero-order valence-electron chi connectivity index (χ0n) is 11.3. The van der Waals surface area contributed by atoms with Crippen LogP contribution in [0.2, 0.25) is 0 Å². The summed E-state index contributed by atoms with van der Waals surface area (Å²) in [5.41, 5.74) is 3.29. The highest BCUT2D eigenvalue weighted by molar-refractivity contribution is 5.43. The Balaban J connectivity index is 2.49. The van der Waals surface area contributed by atoms with Crippen LogP contribution in [0.15, 0.2) is 36.4 Å². The molecule has 2 rings (SSSR count). The molecule has 0 amide bonds. The fourth-order valence-electron chi connectivity index (χ4n) is 2.22.